The fourth-order valence-electron chi connectivity index (χ4n) is 4.93. The Kier molecular flexibility index (Phi) is 9.49. The van der Waals surface area contributed by atoms with Gasteiger partial charge in [-0.1, -0.05) is 88.2 Å². The Morgan fingerprint density at radius 3 is 2.21 bits per heavy atom. The molecule has 0 aliphatic rings. The van der Waals surface area contributed by atoms with Crippen LogP contribution in [0.2, 0.25) is 10.0 Å². The molecule has 0 saturated heterocycles. The van der Waals surface area contributed by atoms with Crippen molar-refractivity contribution in [1.82, 2.24) is 4.40 Å². The van der Waals surface area contributed by atoms with Crippen LogP contribution in [0.25, 0.3) is 5.52 Å². The van der Waals surface area contributed by atoms with E-state index in [0.717, 1.165) is 5.56 Å². The third-order valence-electron chi connectivity index (χ3n) is 7.30. The van der Waals surface area contributed by atoms with Gasteiger partial charge in [-0.3, -0.25) is 14.4 Å². The minimum absolute atomic E-state index is 0.115. The summed E-state index contributed by atoms with van der Waals surface area (Å²) in [6.45, 7) is 9.66. The molecule has 6 nitrogen and oxygen atoms in total. The first kappa shape index (κ1) is 31.3. The smallest absolute Gasteiger partial charge is 0.309 e. The van der Waals surface area contributed by atoms with Gasteiger partial charge in [0.05, 0.1) is 34.3 Å². The van der Waals surface area contributed by atoms with Gasteiger partial charge >= 0.3 is 5.97 Å². The van der Waals surface area contributed by atoms with Crippen LogP contribution in [-0.4, -0.2) is 29.0 Å². The number of carbonyl (C=O) groups is 3. The summed E-state index contributed by atoms with van der Waals surface area (Å²) in [7, 11) is 1.34. The molecular weight excluding hydrogens is 573 g/mol. The van der Waals surface area contributed by atoms with Crippen molar-refractivity contribution in [2.75, 3.05) is 7.11 Å². The van der Waals surface area contributed by atoms with Crippen LogP contribution in [0.1, 0.15) is 72.2 Å². The number of Topliss-reactive ketones (excluding diaryl/α,β-unsaturated/α-hetero) is 1. The van der Waals surface area contributed by atoms with Crippen molar-refractivity contribution in [1.29, 1.82) is 0 Å². The number of aromatic nitrogens is 1. The number of hydrogen-bond donors (Lipinski definition) is 0. The van der Waals surface area contributed by atoms with Crippen LogP contribution in [0.4, 0.5) is 0 Å². The van der Waals surface area contributed by atoms with Gasteiger partial charge in [-0.2, -0.15) is 0 Å². The standard InChI is InChI=1S/C34H35Cl2NO5/c1-20(2)24(33(40)41-6)18-25-29(32(39)34(3,4)5)28-17-23(42-19-21-10-8-7-9-11-21)14-15-37(28)30(25)31(38)22-12-13-26(35)27(36)16-22/h7-17,20,24H,18-19H2,1-6H3. The minimum Gasteiger partial charge on any atom is -0.489 e. The SMILES string of the molecule is COC(=O)C(Cc1c(C(=O)C(C)(C)C)c2cc(OCc3ccccc3)ccn2c1C(=O)c1ccc(Cl)c(Cl)c1)C(C)C. The molecule has 0 aliphatic carbocycles. The van der Waals surface area contributed by atoms with E-state index in [4.69, 9.17) is 32.7 Å². The highest BCUT2D eigenvalue weighted by Gasteiger charge is 2.36. The van der Waals surface area contributed by atoms with Gasteiger partial charge < -0.3 is 13.9 Å². The largest absolute Gasteiger partial charge is 0.489 e. The second-order valence-corrected chi connectivity index (χ2v) is 12.5. The lowest BCUT2D eigenvalue weighted by atomic mass is 9.81. The van der Waals surface area contributed by atoms with Gasteiger partial charge in [-0.05, 0) is 47.7 Å². The Balaban J connectivity index is 1.98. The zero-order chi connectivity index (χ0) is 30.8. The Morgan fingerprint density at radius 1 is 0.929 bits per heavy atom. The predicted molar refractivity (Wildman–Crippen MR) is 166 cm³/mol. The summed E-state index contributed by atoms with van der Waals surface area (Å²) in [4.78, 5) is 41.3. The number of fused-ring (bicyclic) bond motifs is 1. The first-order valence-corrected chi connectivity index (χ1v) is 14.5. The highest BCUT2D eigenvalue weighted by Crippen LogP contribution is 2.37. The van der Waals surface area contributed by atoms with E-state index < -0.39 is 17.3 Å². The summed E-state index contributed by atoms with van der Waals surface area (Å²) in [6, 6.07) is 18.0. The summed E-state index contributed by atoms with van der Waals surface area (Å²) in [6.07, 6.45) is 1.86. The van der Waals surface area contributed by atoms with E-state index in [0.29, 0.717) is 39.6 Å². The lowest BCUT2D eigenvalue weighted by Gasteiger charge is -2.21. The van der Waals surface area contributed by atoms with Crippen molar-refractivity contribution in [3.63, 3.8) is 0 Å². The lowest BCUT2D eigenvalue weighted by Crippen LogP contribution is -2.27. The normalized spacial score (nSPS) is 12.4. The molecule has 8 heteroatoms. The van der Waals surface area contributed by atoms with E-state index in [9.17, 15) is 14.4 Å². The van der Waals surface area contributed by atoms with Gasteiger partial charge in [0.2, 0.25) is 5.78 Å². The molecule has 1 unspecified atom stereocenters. The van der Waals surface area contributed by atoms with Crippen LogP contribution in [0.15, 0.2) is 66.9 Å². The molecule has 0 radical (unpaired) electrons. The highest BCUT2D eigenvalue weighted by atomic mass is 35.5. The Morgan fingerprint density at radius 2 is 1.62 bits per heavy atom. The maximum absolute atomic E-state index is 14.2. The van der Waals surface area contributed by atoms with Gasteiger partial charge in [0.15, 0.2) is 5.78 Å². The van der Waals surface area contributed by atoms with Crippen molar-refractivity contribution >= 4 is 46.3 Å². The van der Waals surface area contributed by atoms with E-state index in [1.165, 1.54) is 13.2 Å². The number of methoxy groups -OCH3 is 1. The molecule has 220 valence electrons. The van der Waals surface area contributed by atoms with Crippen molar-refractivity contribution in [3.8, 4) is 5.75 Å². The molecule has 0 amide bonds. The molecule has 2 heterocycles. The lowest BCUT2D eigenvalue weighted by molar-refractivity contribution is -0.146. The maximum Gasteiger partial charge on any atom is 0.309 e. The first-order valence-electron chi connectivity index (χ1n) is 13.8. The maximum atomic E-state index is 14.2. The fraction of sp³-hybridized carbons (Fsp3) is 0.324. The van der Waals surface area contributed by atoms with E-state index in [1.807, 2.05) is 65.0 Å². The van der Waals surface area contributed by atoms with E-state index in [1.54, 1.807) is 34.9 Å². The number of carbonyl (C=O) groups excluding carboxylic acids is 3. The van der Waals surface area contributed by atoms with Gasteiger partial charge in [-0.25, -0.2) is 0 Å². The molecule has 2 aromatic heterocycles. The number of benzene rings is 2. The average molecular weight is 609 g/mol. The molecule has 2 aromatic carbocycles. The summed E-state index contributed by atoms with van der Waals surface area (Å²) < 4.78 is 12.9. The number of rotatable bonds is 10. The van der Waals surface area contributed by atoms with Gasteiger partial charge in [0.25, 0.3) is 0 Å². The van der Waals surface area contributed by atoms with Gasteiger partial charge in [0, 0.05) is 28.8 Å². The van der Waals surface area contributed by atoms with E-state index in [2.05, 4.69) is 0 Å². The number of ether oxygens (including phenoxy) is 2. The van der Waals surface area contributed by atoms with Gasteiger partial charge in [0.1, 0.15) is 12.4 Å². The monoisotopic (exact) mass is 607 g/mol. The fourth-order valence-corrected chi connectivity index (χ4v) is 5.23. The van der Waals surface area contributed by atoms with Crippen molar-refractivity contribution in [2.45, 2.75) is 47.6 Å². The molecule has 42 heavy (non-hydrogen) atoms. The first-order chi connectivity index (χ1) is 19.8. The molecule has 1 atom stereocenters. The molecule has 0 saturated carbocycles. The minimum atomic E-state index is -0.778. The van der Waals surface area contributed by atoms with Crippen LogP contribution < -0.4 is 4.74 Å². The Bertz CT molecular complexity index is 1630. The molecule has 4 aromatic rings. The van der Waals surface area contributed by atoms with E-state index in [-0.39, 0.29) is 34.6 Å². The van der Waals surface area contributed by atoms with Crippen LogP contribution in [0.3, 0.4) is 0 Å². The van der Waals surface area contributed by atoms with Crippen LogP contribution in [-0.2, 0) is 22.6 Å². The third-order valence-corrected chi connectivity index (χ3v) is 8.04. The second kappa shape index (κ2) is 12.7. The van der Waals surface area contributed by atoms with Crippen molar-refractivity contribution in [3.05, 3.63) is 105 Å². The van der Waals surface area contributed by atoms with Crippen molar-refractivity contribution in [2.24, 2.45) is 17.3 Å². The zero-order valence-corrected chi connectivity index (χ0v) is 26.2. The molecular formula is C34H35Cl2NO5. The Labute approximate surface area is 256 Å². The highest BCUT2D eigenvalue weighted by molar-refractivity contribution is 6.42. The average Bonchev–Trinajstić information content (AvgIpc) is 3.27. The molecule has 0 N–H and O–H groups in total. The summed E-state index contributed by atoms with van der Waals surface area (Å²) in [5.41, 5.74) is 2.18. The molecule has 4 rings (SSSR count). The quantitative estimate of drug-likeness (QED) is 0.134. The van der Waals surface area contributed by atoms with Crippen LogP contribution in [0, 0.1) is 17.3 Å². The van der Waals surface area contributed by atoms with Crippen LogP contribution in [0.5, 0.6) is 5.75 Å². The Hall–Kier alpha value is -3.61. The van der Waals surface area contributed by atoms with Gasteiger partial charge in [-0.15, -0.1) is 0 Å². The summed E-state index contributed by atoms with van der Waals surface area (Å²) in [5, 5.41) is 0.560. The summed E-state index contributed by atoms with van der Waals surface area (Å²) in [5.74, 6) is -1.08. The predicted octanol–water partition coefficient (Wildman–Crippen LogP) is 8.27. The molecule has 0 aliphatic heterocycles. The molecule has 0 bridgehead atoms. The van der Waals surface area contributed by atoms with Crippen molar-refractivity contribution < 1.29 is 23.9 Å². The zero-order valence-electron chi connectivity index (χ0n) is 24.7. The number of pyridine rings is 1. The topological polar surface area (TPSA) is 74.1 Å². The third kappa shape index (κ3) is 6.55. The number of hydrogen-bond acceptors (Lipinski definition) is 5. The molecule has 0 fully saturated rings. The number of nitrogens with zero attached hydrogens (tertiary/aromatic N) is 1. The summed E-state index contributed by atoms with van der Waals surface area (Å²) >= 11 is 12.4. The number of esters is 1. The van der Waals surface area contributed by atoms with Crippen LogP contribution >= 0.6 is 23.2 Å². The molecule has 0 spiro atoms. The van der Waals surface area contributed by atoms with E-state index >= 15 is 0 Å². The number of ketones is 2. The number of halogens is 2. The second-order valence-electron chi connectivity index (χ2n) is 11.7.